The molecule has 29 heavy (non-hydrogen) atoms. The number of hydrogen-bond acceptors (Lipinski definition) is 7. The molecule has 3 aromatic rings. The molecule has 0 bridgehead atoms. The van der Waals surface area contributed by atoms with Gasteiger partial charge < -0.3 is 19.5 Å². The molecule has 2 aliphatic rings. The van der Waals surface area contributed by atoms with Crippen LogP contribution < -0.4 is 14.8 Å². The van der Waals surface area contributed by atoms with Gasteiger partial charge in [0.1, 0.15) is 5.75 Å². The molecular formula is C20H21N5O4. The summed E-state index contributed by atoms with van der Waals surface area (Å²) in [5.41, 5.74) is 0.680. The zero-order chi connectivity index (χ0) is 19.8. The fourth-order valence-electron chi connectivity index (χ4n) is 3.68. The normalized spacial score (nSPS) is 22.7. The molecule has 0 radical (unpaired) electrons. The summed E-state index contributed by atoms with van der Waals surface area (Å²) in [4.78, 5) is 21.1. The molecule has 2 fully saturated rings. The maximum absolute atomic E-state index is 12.5. The van der Waals surface area contributed by atoms with Crippen molar-refractivity contribution in [1.82, 2.24) is 24.9 Å². The first-order valence-corrected chi connectivity index (χ1v) is 9.68. The smallest absolute Gasteiger partial charge is 0.291 e. The lowest BCUT2D eigenvalue weighted by molar-refractivity contribution is 0.0933. The lowest BCUT2D eigenvalue weighted by Gasteiger charge is -2.09. The average molecular weight is 395 g/mol. The summed E-state index contributed by atoms with van der Waals surface area (Å²) < 4.78 is 18.4. The van der Waals surface area contributed by atoms with Crippen LogP contribution in [-0.4, -0.2) is 51.4 Å². The Kier molecular flexibility index (Phi) is 4.31. The van der Waals surface area contributed by atoms with Gasteiger partial charge in [0, 0.05) is 24.3 Å². The third-order valence-electron chi connectivity index (χ3n) is 5.39. The van der Waals surface area contributed by atoms with Gasteiger partial charge in [-0.15, -0.1) is 5.10 Å². The number of pyridine rings is 2. The van der Waals surface area contributed by atoms with Gasteiger partial charge in [-0.05, 0) is 44.0 Å². The van der Waals surface area contributed by atoms with Gasteiger partial charge in [0.05, 0.1) is 19.4 Å². The summed E-state index contributed by atoms with van der Waals surface area (Å²) in [6.45, 7) is 3.89. The molecule has 4 heterocycles. The van der Waals surface area contributed by atoms with Crippen LogP contribution in [0.3, 0.4) is 0 Å². The topological polar surface area (TPSA) is 99.9 Å². The molecule has 9 nitrogen and oxygen atoms in total. The van der Waals surface area contributed by atoms with E-state index in [1.807, 2.05) is 6.92 Å². The molecule has 2 atom stereocenters. The van der Waals surface area contributed by atoms with E-state index in [-0.39, 0.29) is 23.2 Å². The van der Waals surface area contributed by atoms with Crippen LogP contribution in [0.5, 0.6) is 17.4 Å². The standard InChI is InChI=1S/C20H21N5O4/c1-2-28-14-4-3-8-21-19(14)29-13-5-6-16-23-17(24-25(16)11-13)18(26)22-15-10-20(15)7-9-27-12-20/h3-6,8,11,15H,2,7,9-10,12H2,1H3,(H,22,26). The van der Waals surface area contributed by atoms with Crippen LogP contribution >= 0.6 is 0 Å². The van der Waals surface area contributed by atoms with Crippen LogP contribution in [-0.2, 0) is 4.74 Å². The molecule has 1 aliphatic heterocycles. The highest BCUT2D eigenvalue weighted by Crippen LogP contribution is 2.52. The van der Waals surface area contributed by atoms with E-state index in [9.17, 15) is 4.79 Å². The second-order valence-corrected chi connectivity index (χ2v) is 7.34. The van der Waals surface area contributed by atoms with Crippen molar-refractivity contribution in [3.8, 4) is 17.4 Å². The van der Waals surface area contributed by atoms with Crippen molar-refractivity contribution in [2.75, 3.05) is 19.8 Å². The number of amides is 1. The summed E-state index contributed by atoms with van der Waals surface area (Å²) in [7, 11) is 0. The van der Waals surface area contributed by atoms with Crippen LogP contribution in [0.1, 0.15) is 30.4 Å². The van der Waals surface area contributed by atoms with Gasteiger partial charge in [0.25, 0.3) is 11.8 Å². The summed E-state index contributed by atoms with van der Waals surface area (Å²) >= 11 is 0. The average Bonchev–Trinajstić information content (AvgIpc) is 3.07. The Balaban J connectivity index is 1.32. The number of ether oxygens (including phenoxy) is 3. The van der Waals surface area contributed by atoms with Crippen LogP contribution in [0.25, 0.3) is 5.65 Å². The van der Waals surface area contributed by atoms with E-state index >= 15 is 0 Å². The van der Waals surface area contributed by atoms with Crippen molar-refractivity contribution in [2.45, 2.75) is 25.8 Å². The van der Waals surface area contributed by atoms with E-state index in [2.05, 4.69) is 20.4 Å². The predicted octanol–water partition coefficient (Wildman–Crippen LogP) is 2.22. The van der Waals surface area contributed by atoms with Gasteiger partial charge in [-0.3, -0.25) is 4.79 Å². The summed E-state index contributed by atoms with van der Waals surface area (Å²) in [5, 5.41) is 7.32. The highest BCUT2D eigenvalue weighted by Gasteiger charge is 2.57. The Morgan fingerprint density at radius 2 is 2.34 bits per heavy atom. The van der Waals surface area contributed by atoms with E-state index < -0.39 is 0 Å². The van der Waals surface area contributed by atoms with E-state index in [1.54, 1.807) is 36.7 Å². The number of fused-ring (bicyclic) bond motifs is 1. The minimum absolute atomic E-state index is 0.122. The van der Waals surface area contributed by atoms with Gasteiger partial charge in [-0.25, -0.2) is 14.5 Å². The number of carbonyl (C=O) groups excluding carboxylic acids is 1. The number of hydrogen-bond donors (Lipinski definition) is 1. The van der Waals surface area contributed by atoms with Gasteiger partial charge in [0.2, 0.25) is 5.82 Å². The minimum Gasteiger partial charge on any atom is -0.488 e. The number of carbonyl (C=O) groups is 1. The quantitative estimate of drug-likeness (QED) is 0.683. The van der Waals surface area contributed by atoms with E-state index in [4.69, 9.17) is 14.2 Å². The largest absolute Gasteiger partial charge is 0.488 e. The SMILES string of the molecule is CCOc1cccnc1Oc1ccc2nc(C(=O)NC3CC34CCOC4)nn2c1. The molecule has 3 aromatic heterocycles. The van der Waals surface area contributed by atoms with Crippen molar-refractivity contribution in [1.29, 1.82) is 0 Å². The second-order valence-electron chi connectivity index (χ2n) is 7.34. The third-order valence-corrected chi connectivity index (χ3v) is 5.39. The molecular weight excluding hydrogens is 374 g/mol. The van der Waals surface area contributed by atoms with Crippen molar-refractivity contribution in [3.05, 3.63) is 42.5 Å². The van der Waals surface area contributed by atoms with Crippen molar-refractivity contribution in [2.24, 2.45) is 5.41 Å². The van der Waals surface area contributed by atoms with Gasteiger partial charge >= 0.3 is 0 Å². The lowest BCUT2D eigenvalue weighted by atomic mass is 10.1. The van der Waals surface area contributed by atoms with Crippen molar-refractivity contribution >= 4 is 11.6 Å². The van der Waals surface area contributed by atoms with E-state index in [1.165, 1.54) is 4.52 Å². The van der Waals surface area contributed by atoms with Crippen molar-refractivity contribution < 1.29 is 19.0 Å². The fourth-order valence-corrected chi connectivity index (χ4v) is 3.68. The molecule has 5 rings (SSSR count). The van der Waals surface area contributed by atoms with Gasteiger partial charge in [-0.2, -0.15) is 0 Å². The Morgan fingerprint density at radius 1 is 1.41 bits per heavy atom. The van der Waals surface area contributed by atoms with E-state index in [0.717, 1.165) is 19.4 Å². The van der Waals surface area contributed by atoms with Crippen LogP contribution in [0.2, 0.25) is 0 Å². The zero-order valence-corrected chi connectivity index (χ0v) is 16.0. The molecule has 150 valence electrons. The molecule has 0 aromatic carbocycles. The minimum atomic E-state index is -0.270. The predicted molar refractivity (Wildman–Crippen MR) is 102 cm³/mol. The molecule has 1 N–H and O–H groups in total. The first-order chi connectivity index (χ1) is 14.2. The van der Waals surface area contributed by atoms with E-state index in [0.29, 0.717) is 36.2 Å². The molecule has 2 unspecified atom stereocenters. The molecule has 1 aliphatic carbocycles. The summed E-state index contributed by atoms with van der Waals surface area (Å²) in [5.74, 6) is 1.30. The maximum atomic E-state index is 12.5. The summed E-state index contributed by atoms with van der Waals surface area (Å²) in [6.07, 6.45) is 5.24. The number of rotatable bonds is 6. The monoisotopic (exact) mass is 395 g/mol. The van der Waals surface area contributed by atoms with Gasteiger partial charge in [-0.1, -0.05) is 0 Å². The first kappa shape index (κ1) is 17.9. The highest BCUT2D eigenvalue weighted by atomic mass is 16.5. The number of aromatic nitrogens is 4. The molecule has 1 saturated carbocycles. The lowest BCUT2D eigenvalue weighted by Crippen LogP contribution is -2.30. The Bertz CT molecular complexity index is 1060. The van der Waals surface area contributed by atoms with Crippen LogP contribution in [0, 0.1) is 5.41 Å². The van der Waals surface area contributed by atoms with Gasteiger partial charge in [0.15, 0.2) is 11.4 Å². The Hall–Kier alpha value is -3.20. The first-order valence-electron chi connectivity index (χ1n) is 9.68. The summed E-state index contributed by atoms with van der Waals surface area (Å²) in [6, 6.07) is 7.21. The van der Waals surface area contributed by atoms with Crippen LogP contribution in [0.4, 0.5) is 0 Å². The molecule has 1 spiro atoms. The Labute approximate surface area is 167 Å². The third kappa shape index (κ3) is 3.38. The molecule has 1 saturated heterocycles. The maximum Gasteiger partial charge on any atom is 0.291 e. The zero-order valence-electron chi connectivity index (χ0n) is 16.0. The second kappa shape index (κ2) is 7.00. The van der Waals surface area contributed by atoms with Crippen LogP contribution in [0.15, 0.2) is 36.7 Å². The van der Waals surface area contributed by atoms with Crippen molar-refractivity contribution in [3.63, 3.8) is 0 Å². The number of nitrogens with one attached hydrogen (secondary N) is 1. The number of nitrogens with zero attached hydrogens (tertiary/aromatic N) is 4. The molecule has 1 amide bonds. The Morgan fingerprint density at radius 3 is 3.17 bits per heavy atom. The fraction of sp³-hybridized carbons (Fsp3) is 0.400. The highest BCUT2D eigenvalue weighted by molar-refractivity contribution is 5.91. The molecule has 9 heteroatoms.